The van der Waals surface area contributed by atoms with E-state index in [-0.39, 0.29) is 17.9 Å². The van der Waals surface area contributed by atoms with Gasteiger partial charge in [0.1, 0.15) is 0 Å². The van der Waals surface area contributed by atoms with Gasteiger partial charge in [-0.2, -0.15) is 5.10 Å². The Labute approximate surface area is 184 Å². The maximum absolute atomic E-state index is 12.1. The van der Waals surface area contributed by atoms with Gasteiger partial charge in [0, 0.05) is 43.9 Å². The van der Waals surface area contributed by atoms with Crippen LogP contribution in [0.5, 0.6) is 0 Å². The lowest BCUT2D eigenvalue weighted by molar-refractivity contribution is -0.137. The summed E-state index contributed by atoms with van der Waals surface area (Å²) in [7, 11) is 1.62. The summed E-state index contributed by atoms with van der Waals surface area (Å²) in [6, 6.07) is 10.1. The molecule has 1 unspecified atom stereocenters. The lowest BCUT2D eigenvalue weighted by Gasteiger charge is -2.13. The van der Waals surface area contributed by atoms with Crippen LogP contribution in [-0.2, 0) is 11.3 Å². The van der Waals surface area contributed by atoms with Crippen molar-refractivity contribution >= 4 is 11.9 Å². The monoisotopic (exact) mass is 431 g/mol. The van der Waals surface area contributed by atoms with Crippen molar-refractivity contribution in [2.45, 2.75) is 25.5 Å². The Morgan fingerprint density at radius 1 is 1.25 bits per heavy atom. The third-order valence-electron chi connectivity index (χ3n) is 5.27. The fourth-order valence-corrected chi connectivity index (χ4v) is 3.50. The van der Waals surface area contributed by atoms with Crippen LogP contribution in [0.25, 0.3) is 22.8 Å². The van der Waals surface area contributed by atoms with E-state index in [1.54, 1.807) is 48.3 Å². The largest absolute Gasteiger partial charge is 0.477 e. The van der Waals surface area contributed by atoms with Crippen molar-refractivity contribution in [1.29, 1.82) is 0 Å². The van der Waals surface area contributed by atoms with Crippen LogP contribution in [0.2, 0.25) is 0 Å². The third-order valence-corrected chi connectivity index (χ3v) is 5.27. The molecule has 0 saturated carbocycles. The van der Waals surface area contributed by atoms with Crippen LogP contribution in [0, 0.1) is 11.8 Å². The van der Waals surface area contributed by atoms with Gasteiger partial charge in [-0.1, -0.05) is 24.0 Å². The number of carbonyl (C=O) groups is 2. The number of benzene rings is 1. The van der Waals surface area contributed by atoms with E-state index in [0.717, 1.165) is 0 Å². The summed E-state index contributed by atoms with van der Waals surface area (Å²) in [6.45, 7) is 2.97. The number of carbonyl (C=O) groups excluding carboxylic acids is 1. The summed E-state index contributed by atoms with van der Waals surface area (Å²) in [5.74, 6) is 4.17. The van der Waals surface area contributed by atoms with Gasteiger partial charge in [-0.15, -0.1) is 0 Å². The number of likely N-dealkylation sites (tertiary alicyclic amines) is 1. The molecule has 1 aromatic carbocycles. The van der Waals surface area contributed by atoms with Crippen molar-refractivity contribution < 1.29 is 19.8 Å². The minimum Gasteiger partial charge on any atom is -0.477 e. The Balaban J connectivity index is 1.74. The van der Waals surface area contributed by atoms with Crippen molar-refractivity contribution in [3.05, 3.63) is 53.9 Å². The predicted molar refractivity (Wildman–Crippen MR) is 115 cm³/mol. The molecular formula is C23H21N5O4. The van der Waals surface area contributed by atoms with Crippen molar-refractivity contribution in [3.63, 3.8) is 0 Å². The number of hydrogen-bond donors (Lipinski definition) is 2. The standard InChI is InChI=1S/C23H21N5O4/c1-3-28-19(8-11-24-28)17-14-18(21(29)30)26-20(25-17)16-6-4-5-15(13-16)7-9-23(32)10-12-27(2)22(23)31/h4-6,8,11,13-14,32H,3,10,12H2,1-2H3,(H,29,30). The van der Waals surface area contributed by atoms with Crippen molar-refractivity contribution in [3.8, 4) is 34.6 Å². The Bertz CT molecular complexity index is 1270. The molecule has 3 aromatic rings. The number of aryl methyl sites for hydroxylation is 1. The number of carboxylic acid groups (broad SMARTS) is 1. The van der Waals surface area contributed by atoms with Gasteiger partial charge in [0.05, 0.1) is 11.4 Å². The second kappa shape index (κ2) is 8.24. The molecule has 1 aliphatic heterocycles. The van der Waals surface area contributed by atoms with E-state index >= 15 is 0 Å². The summed E-state index contributed by atoms with van der Waals surface area (Å²) < 4.78 is 1.72. The molecule has 4 rings (SSSR count). The van der Waals surface area contributed by atoms with Crippen molar-refractivity contribution in [2.75, 3.05) is 13.6 Å². The van der Waals surface area contributed by atoms with Gasteiger partial charge in [-0.25, -0.2) is 14.8 Å². The highest BCUT2D eigenvalue weighted by molar-refractivity contribution is 5.90. The maximum atomic E-state index is 12.1. The van der Waals surface area contributed by atoms with Crippen LogP contribution in [0.1, 0.15) is 29.4 Å². The fourth-order valence-electron chi connectivity index (χ4n) is 3.50. The summed E-state index contributed by atoms with van der Waals surface area (Å²) in [6.07, 6.45) is 1.87. The molecule has 1 amide bonds. The van der Waals surface area contributed by atoms with Crippen LogP contribution >= 0.6 is 0 Å². The Morgan fingerprint density at radius 3 is 2.75 bits per heavy atom. The topological polar surface area (TPSA) is 121 Å². The molecule has 9 nitrogen and oxygen atoms in total. The van der Waals surface area contributed by atoms with Gasteiger partial charge in [-0.3, -0.25) is 9.48 Å². The van der Waals surface area contributed by atoms with E-state index in [1.165, 1.54) is 11.0 Å². The molecule has 32 heavy (non-hydrogen) atoms. The first-order chi connectivity index (χ1) is 15.3. The van der Waals surface area contributed by atoms with Crippen molar-refractivity contribution in [1.82, 2.24) is 24.6 Å². The van der Waals surface area contributed by atoms with Gasteiger partial charge < -0.3 is 15.1 Å². The van der Waals surface area contributed by atoms with E-state index in [2.05, 4.69) is 26.9 Å². The molecule has 162 valence electrons. The van der Waals surface area contributed by atoms with Crippen molar-refractivity contribution in [2.24, 2.45) is 0 Å². The Hall–Kier alpha value is -4.03. The molecule has 0 radical (unpaired) electrons. The van der Waals surface area contributed by atoms with Crippen LogP contribution in [-0.4, -0.2) is 65.9 Å². The summed E-state index contributed by atoms with van der Waals surface area (Å²) in [4.78, 5) is 34.0. The zero-order valence-corrected chi connectivity index (χ0v) is 17.6. The second-order valence-corrected chi connectivity index (χ2v) is 7.47. The first-order valence-electron chi connectivity index (χ1n) is 10.1. The number of aliphatic hydroxyl groups is 1. The number of likely N-dealkylation sites (N-methyl/N-ethyl adjacent to an activating group) is 1. The highest BCUT2D eigenvalue weighted by Crippen LogP contribution is 2.24. The minimum atomic E-state index is -1.70. The highest BCUT2D eigenvalue weighted by Gasteiger charge is 2.42. The smallest absolute Gasteiger partial charge is 0.354 e. The van der Waals surface area contributed by atoms with E-state index < -0.39 is 17.5 Å². The molecule has 9 heteroatoms. The van der Waals surface area contributed by atoms with Crippen LogP contribution in [0.15, 0.2) is 42.6 Å². The normalized spacial score (nSPS) is 17.8. The average Bonchev–Trinajstić information content (AvgIpc) is 3.38. The number of hydrogen-bond acceptors (Lipinski definition) is 6. The molecule has 0 bridgehead atoms. The average molecular weight is 431 g/mol. The van der Waals surface area contributed by atoms with Gasteiger partial charge in [0.15, 0.2) is 11.5 Å². The fraction of sp³-hybridized carbons (Fsp3) is 0.261. The minimum absolute atomic E-state index is 0.140. The molecule has 0 aliphatic carbocycles. The van der Waals surface area contributed by atoms with Gasteiger partial charge >= 0.3 is 5.97 Å². The SMILES string of the molecule is CCn1nccc1-c1cc(C(=O)O)nc(-c2cccc(C#CC3(O)CCN(C)C3=O)c2)n1. The summed E-state index contributed by atoms with van der Waals surface area (Å²) in [5, 5.41) is 24.3. The molecule has 2 N–H and O–H groups in total. The lowest BCUT2D eigenvalue weighted by Crippen LogP contribution is -2.37. The number of amides is 1. The van der Waals surface area contributed by atoms with Gasteiger partial charge in [0.2, 0.25) is 5.60 Å². The van der Waals surface area contributed by atoms with Gasteiger partial charge in [0.25, 0.3) is 5.91 Å². The number of aromatic carboxylic acids is 1. The van der Waals surface area contributed by atoms with Gasteiger partial charge in [-0.05, 0) is 31.2 Å². The number of nitrogens with zero attached hydrogens (tertiary/aromatic N) is 5. The van der Waals surface area contributed by atoms with Crippen LogP contribution < -0.4 is 0 Å². The molecule has 1 saturated heterocycles. The van der Waals surface area contributed by atoms with E-state index in [1.807, 2.05) is 6.92 Å². The predicted octanol–water partition coefficient (Wildman–Crippen LogP) is 1.67. The maximum Gasteiger partial charge on any atom is 0.354 e. The summed E-state index contributed by atoms with van der Waals surface area (Å²) in [5.41, 5.74) is 0.390. The zero-order valence-electron chi connectivity index (χ0n) is 17.6. The molecule has 1 atom stereocenters. The van der Waals surface area contributed by atoms with E-state index in [9.17, 15) is 19.8 Å². The number of aromatic nitrogens is 4. The first-order valence-corrected chi connectivity index (χ1v) is 10.1. The van der Waals surface area contributed by atoms with Crippen LogP contribution in [0.3, 0.4) is 0 Å². The molecule has 2 aromatic heterocycles. The van der Waals surface area contributed by atoms with Crippen LogP contribution in [0.4, 0.5) is 0 Å². The Kier molecular flexibility index (Phi) is 5.47. The molecule has 3 heterocycles. The first kappa shape index (κ1) is 21.2. The quantitative estimate of drug-likeness (QED) is 0.603. The molecule has 1 fully saturated rings. The third kappa shape index (κ3) is 3.96. The zero-order chi connectivity index (χ0) is 22.9. The highest BCUT2D eigenvalue weighted by atomic mass is 16.4. The van der Waals surface area contributed by atoms with E-state index in [0.29, 0.717) is 35.6 Å². The van der Waals surface area contributed by atoms with E-state index in [4.69, 9.17) is 0 Å². The number of carboxylic acids is 1. The second-order valence-electron chi connectivity index (χ2n) is 7.47. The number of rotatable bonds is 4. The molecule has 0 spiro atoms. The lowest BCUT2D eigenvalue weighted by atomic mass is 10.0. The molecular weight excluding hydrogens is 410 g/mol. The summed E-state index contributed by atoms with van der Waals surface area (Å²) >= 11 is 0. The Morgan fingerprint density at radius 2 is 2.06 bits per heavy atom. The molecule has 1 aliphatic rings.